The molecule has 1 aromatic heterocycles. The van der Waals surface area contributed by atoms with Crippen molar-refractivity contribution in [3.8, 4) is 0 Å². The van der Waals surface area contributed by atoms with Crippen LogP contribution in [-0.4, -0.2) is 20.9 Å². The minimum atomic E-state index is -0.399. The lowest BCUT2D eigenvalue weighted by molar-refractivity contribution is 0.102. The summed E-state index contributed by atoms with van der Waals surface area (Å²) in [6, 6.07) is 13.4. The smallest absolute Gasteiger partial charge is 0.280 e. The van der Waals surface area contributed by atoms with Crippen LogP contribution >= 0.6 is 31.9 Å². The first-order chi connectivity index (χ1) is 11.9. The second kappa shape index (κ2) is 7.37. The number of nitrogen functional groups attached to an aromatic ring is 1. The zero-order valence-corrected chi connectivity index (χ0v) is 16.5. The van der Waals surface area contributed by atoms with Gasteiger partial charge in [0, 0.05) is 8.95 Å². The molecule has 0 aliphatic rings. The van der Waals surface area contributed by atoms with Gasteiger partial charge in [-0.2, -0.15) is 0 Å². The molecule has 0 fully saturated rings. The Hall–Kier alpha value is -2.19. The Bertz CT molecular complexity index is 921. The number of nitrogens with zero attached hydrogens (tertiary/aromatic N) is 3. The molecule has 128 valence electrons. The molecule has 0 saturated carbocycles. The van der Waals surface area contributed by atoms with Gasteiger partial charge in [-0.3, -0.25) is 4.79 Å². The number of nitrogens with two attached hydrogens (primary N) is 1. The monoisotopic (exact) mass is 463 g/mol. The van der Waals surface area contributed by atoms with Crippen LogP contribution in [0.5, 0.6) is 0 Å². The van der Waals surface area contributed by atoms with Crippen molar-refractivity contribution in [1.29, 1.82) is 0 Å². The van der Waals surface area contributed by atoms with Gasteiger partial charge < -0.3 is 11.1 Å². The summed E-state index contributed by atoms with van der Waals surface area (Å²) < 4.78 is 3.29. The van der Waals surface area contributed by atoms with Crippen molar-refractivity contribution in [2.45, 2.75) is 13.5 Å². The summed E-state index contributed by atoms with van der Waals surface area (Å²) in [5.74, 6) is -0.173. The highest BCUT2D eigenvalue weighted by Crippen LogP contribution is 2.24. The van der Waals surface area contributed by atoms with Crippen LogP contribution in [-0.2, 0) is 6.54 Å². The zero-order chi connectivity index (χ0) is 18.0. The van der Waals surface area contributed by atoms with Crippen molar-refractivity contribution in [3.63, 3.8) is 0 Å². The molecule has 0 aliphatic heterocycles. The SMILES string of the molecule is Cc1ccc(NC(=O)c2nnn(Cc3ccc(Br)cc3)c2N)c(Br)c1. The van der Waals surface area contributed by atoms with E-state index in [4.69, 9.17) is 5.73 Å². The standard InChI is InChI=1S/C17H15Br2N5O/c1-10-2-7-14(13(19)8-10)21-17(25)15-16(20)24(23-22-15)9-11-3-5-12(18)6-4-11/h2-8H,9,20H2,1H3,(H,21,25). The van der Waals surface area contributed by atoms with Crippen LogP contribution in [0.2, 0.25) is 0 Å². The average molecular weight is 465 g/mol. The van der Waals surface area contributed by atoms with Gasteiger partial charge in [-0.25, -0.2) is 4.68 Å². The fraction of sp³-hybridized carbons (Fsp3) is 0.118. The molecular weight excluding hydrogens is 450 g/mol. The summed E-state index contributed by atoms with van der Waals surface area (Å²) in [6.07, 6.45) is 0. The number of aromatic nitrogens is 3. The number of hydrogen-bond donors (Lipinski definition) is 2. The lowest BCUT2D eigenvalue weighted by atomic mass is 10.2. The number of carbonyl (C=O) groups is 1. The molecular formula is C17H15Br2N5O. The van der Waals surface area contributed by atoms with E-state index < -0.39 is 5.91 Å². The van der Waals surface area contributed by atoms with E-state index in [1.54, 1.807) is 0 Å². The minimum Gasteiger partial charge on any atom is -0.382 e. The maximum Gasteiger partial charge on any atom is 0.280 e. The summed E-state index contributed by atoms with van der Waals surface area (Å²) in [5.41, 5.74) is 8.90. The van der Waals surface area contributed by atoms with Crippen LogP contribution in [0.25, 0.3) is 0 Å². The molecule has 1 amide bonds. The Balaban J connectivity index is 1.77. The van der Waals surface area contributed by atoms with E-state index in [2.05, 4.69) is 47.5 Å². The Morgan fingerprint density at radius 3 is 2.60 bits per heavy atom. The fourth-order valence-electron chi connectivity index (χ4n) is 2.26. The molecule has 0 bridgehead atoms. The van der Waals surface area contributed by atoms with Crippen LogP contribution in [0.1, 0.15) is 21.6 Å². The number of nitrogens with one attached hydrogen (secondary N) is 1. The lowest BCUT2D eigenvalue weighted by Gasteiger charge is -2.07. The van der Waals surface area contributed by atoms with Gasteiger partial charge in [0.1, 0.15) is 0 Å². The topological polar surface area (TPSA) is 85.8 Å². The number of amides is 1. The van der Waals surface area contributed by atoms with E-state index in [1.165, 1.54) is 4.68 Å². The predicted octanol–water partition coefficient (Wildman–Crippen LogP) is 3.99. The summed E-state index contributed by atoms with van der Waals surface area (Å²) in [7, 11) is 0. The fourth-order valence-corrected chi connectivity index (χ4v) is 3.12. The highest BCUT2D eigenvalue weighted by atomic mass is 79.9. The Labute approximate surface area is 161 Å². The van der Waals surface area contributed by atoms with Gasteiger partial charge in [0.15, 0.2) is 11.5 Å². The second-order valence-corrected chi connectivity index (χ2v) is 7.31. The third-order valence-corrected chi connectivity index (χ3v) is 4.79. The molecule has 25 heavy (non-hydrogen) atoms. The molecule has 8 heteroatoms. The maximum atomic E-state index is 12.4. The first kappa shape index (κ1) is 17.6. The minimum absolute atomic E-state index is 0.101. The van der Waals surface area contributed by atoms with Crippen molar-refractivity contribution in [2.24, 2.45) is 0 Å². The lowest BCUT2D eigenvalue weighted by Crippen LogP contribution is -2.15. The van der Waals surface area contributed by atoms with Crippen LogP contribution in [0.3, 0.4) is 0 Å². The first-order valence-electron chi connectivity index (χ1n) is 7.45. The number of rotatable bonds is 4. The van der Waals surface area contributed by atoms with E-state index >= 15 is 0 Å². The van der Waals surface area contributed by atoms with Crippen molar-refractivity contribution in [2.75, 3.05) is 11.1 Å². The molecule has 3 aromatic rings. The van der Waals surface area contributed by atoms with Crippen molar-refractivity contribution >= 4 is 49.3 Å². The number of benzene rings is 2. The molecule has 0 saturated heterocycles. The molecule has 6 nitrogen and oxygen atoms in total. The summed E-state index contributed by atoms with van der Waals surface area (Å²) in [6.45, 7) is 2.41. The third-order valence-electron chi connectivity index (χ3n) is 3.61. The predicted molar refractivity (Wildman–Crippen MR) is 105 cm³/mol. The number of hydrogen-bond acceptors (Lipinski definition) is 4. The third kappa shape index (κ3) is 4.08. The largest absolute Gasteiger partial charge is 0.382 e. The first-order valence-corrected chi connectivity index (χ1v) is 9.03. The number of halogens is 2. The average Bonchev–Trinajstić information content (AvgIpc) is 2.93. The second-order valence-electron chi connectivity index (χ2n) is 5.54. The Morgan fingerprint density at radius 2 is 1.92 bits per heavy atom. The number of aryl methyl sites for hydroxylation is 1. The normalized spacial score (nSPS) is 10.7. The van der Waals surface area contributed by atoms with Crippen molar-refractivity contribution in [3.05, 3.63) is 68.2 Å². The zero-order valence-electron chi connectivity index (χ0n) is 13.3. The molecule has 3 rings (SSSR count). The van der Waals surface area contributed by atoms with E-state index in [1.807, 2.05) is 49.4 Å². The van der Waals surface area contributed by atoms with Crippen LogP contribution in [0.4, 0.5) is 11.5 Å². The number of anilines is 2. The number of carbonyl (C=O) groups excluding carboxylic acids is 1. The Kier molecular flexibility index (Phi) is 5.19. The van der Waals surface area contributed by atoms with Crippen molar-refractivity contribution in [1.82, 2.24) is 15.0 Å². The summed E-state index contributed by atoms with van der Waals surface area (Å²) in [5, 5.41) is 10.7. The van der Waals surface area contributed by atoms with E-state index in [-0.39, 0.29) is 11.5 Å². The maximum absolute atomic E-state index is 12.4. The van der Waals surface area contributed by atoms with Gasteiger partial charge in [-0.1, -0.05) is 39.3 Å². The quantitative estimate of drug-likeness (QED) is 0.611. The summed E-state index contributed by atoms with van der Waals surface area (Å²) in [4.78, 5) is 12.4. The van der Waals surface area contributed by atoms with Crippen molar-refractivity contribution < 1.29 is 4.79 Å². The molecule has 0 spiro atoms. The molecule has 0 radical (unpaired) electrons. The molecule has 3 N–H and O–H groups in total. The van der Waals surface area contributed by atoms with E-state index in [0.29, 0.717) is 12.2 Å². The van der Waals surface area contributed by atoms with Gasteiger partial charge in [0.2, 0.25) is 0 Å². The highest BCUT2D eigenvalue weighted by molar-refractivity contribution is 9.10. The van der Waals surface area contributed by atoms with Gasteiger partial charge in [-0.05, 0) is 58.2 Å². The molecule has 0 atom stereocenters. The van der Waals surface area contributed by atoms with Crippen LogP contribution in [0.15, 0.2) is 51.4 Å². The highest BCUT2D eigenvalue weighted by Gasteiger charge is 2.18. The van der Waals surface area contributed by atoms with E-state index in [9.17, 15) is 4.79 Å². The van der Waals surface area contributed by atoms with Crippen LogP contribution < -0.4 is 11.1 Å². The van der Waals surface area contributed by atoms with E-state index in [0.717, 1.165) is 20.1 Å². The molecule has 0 unspecified atom stereocenters. The summed E-state index contributed by atoms with van der Waals surface area (Å²) >= 11 is 6.82. The van der Waals surface area contributed by atoms with Gasteiger partial charge in [0.25, 0.3) is 5.91 Å². The van der Waals surface area contributed by atoms with Crippen LogP contribution in [0, 0.1) is 6.92 Å². The Morgan fingerprint density at radius 1 is 1.20 bits per heavy atom. The molecule has 1 heterocycles. The molecule has 0 aliphatic carbocycles. The van der Waals surface area contributed by atoms with Gasteiger partial charge in [0.05, 0.1) is 12.2 Å². The van der Waals surface area contributed by atoms with Gasteiger partial charge >= 0.3 is 0 Å². The molecule has 2 aromatic carbocycles. The van der Waals surface area contributed by atoms with Gasteiger partial charge in [-0.15, -0.1) is 5.10 Å².